The van der Waals surface area contributed by atoms with Crippen LogP contribution in [0.15, 0.2) is 95.5 Å². The van der Waals surface area contributed by atoms with Crippen LogP contribution in [0.25, 0.3) is 54.9 Å². The Kier molecular flexibility index (Phi) is 3.12. The van der Waals surface area contributed by atoms with E-state index in [0.717, 1.165) is 4.47 Å². The molecule has 0 amide bonds. The fourth-order valence-electron chi connectivity index (χ4n) is 4.42. The third-order valence-corrected chi connectivity index (χ3v) is 6.17. The summed E-state index contributed by atoms with van der Waals surface area (Å²) >= 11 is 3.56. The second-order valence-electron chi connectivity index (χ2n) is 7.14. The first kappa shape index (κ1) is 15.2. The topological polar surface area (TPSA) is 0 Å². The molecule has 0 unspecified atom stereocenters. The van der Waals surface area contributed by atoms with Crippen LogP contribution in [0.3, 0.4) is 0 Å². The van der Waals surface area contributed by atoms with E-state index in [0.29, 0.717) is 0 Å². The van der Waals surface area contributed by atoms with Gasteiger partial charge >= 0.3 is 0 Å². The van der Waals surface area contributed by atoms with Crippen LogP contribution < -0.4 is 0 Å². The minimum atomic E-state index is 1.11. The lowest BCUT2D eigenvalue weighted by Crippen LogP contribution is -1.85. The molecule has 0 N–H and O–H groups in total. The van der Waals surface area contributed by atoms with Gasteiger partial charge < -0.3 is 0 Å². The van der Waals surface area contributed by atoms with Gasteiger partial charge in [0.15, 0.2) is 0 Å². The first-order valence-electron chi connectivity index (χ1n) is 9.15. The minimum Gasteiger partial charge on any atom is -0.0616 e. The molecule has 27 heavy (non-hydrogen) atoms. The van der Waals surface area contributed by atoms with Gasteiger partial charge in [-0.1, -0.05) is 82.7 Å². The zero-order chi connectivity index (χ0) is 18.0. The van der Waals surface area contributed by atoms with Crippen molar-refractivity contribution in [3.05, 3.63) is 95.5 Å². The van der Waals surface area contributed by atoms with Gasteiger partial charge in [-0.3, -0.25) is 0 Å². The van der Waals surface area contributed by atoms with Crippen molar-refractivity contribution in [2.75, 3.05) is 0 Å². The lowest BCUT2D eigenvalue weighted by molar-refractivity contribution is 1.61. The summed E-state index contributed by atoms with van der Waals surface area (Å²) in [7, 11) is 0. The highest BCUT2D eigenvalue weighted by molar-refractivity contribution is 9.10. The Balaban J connectivity index is 1.76. The average molecular weight is 407 g/mol. The summed E-state index contributed by atoms with van der Waals surface area (Å²) < 4.78 is 1.11. The molecule has 0 saturated heterocycles. The molecule has 0 aliphatic heterocycles. The van der Waals surface area contributed by atoms with Crippen molar-refractivity contribution in [1.29, 1.82) is 0 Å². The molecule has 0 bridgehead atoms. The Hall–Kier alpha value is -2.90. The molecule has 0 spiro atoms. The maximum atomic E-state index is 3.56. The Morgan fingerprint density at radius 1 is 0.481 bits per heavy atom. The van der Waals surface area contributed by atoms with Crippen LogP contribution in [0.1, 0.15) is 0 Å². The molecule has 0 saturated carbocycles. The lowest BCUT2D eigenvalue weighted by atomic mass is 9.92. The van der Waals surface area contributed by atoms with Gasteiger partial charge in [0.2, 0.25) is 0 Å². The highest BCUT2D eigenvalue weighted by atomic mass is 79.9. The molecule has 6 rings (SSSR count). The summed E-state index contributed by atoms with van der Waals surface area (Å²) in [5.74, 6) is 0. The second kappa shape index (κ2) is 5.55. The van der Waals surface area contributed by atoms with Gasteiger partial charge in [-0.05, 0) is 79.2 Å². The number of halogens is 1. The SMILES string of the molecule is Brc1ccc(-c2ccc3cccc4c3c2-c2cc3ccccc3cc2-4)cc1. The molecule has 0 fully saturated rings. The summed E-state index contributed by atoms with van der Waals surface area (Å²) in [6.07, 6.45) is 0. The van der Waals surface area contributed by atoms with Crippen molar-refractivity contribution in [3.63, 3.8) is 0 Å². The van der Waals surface area contributed by atoms with E-state index < -0.39 is 0 Å². The molecule has 5 aromatic carbocycles. The lowest BCUT2D eigenvalue weighted by Gasteiger charge is -2.11. The van der Waals surface area contributed by atoms with Gasteiger partial charge in [0, 0.05) is 4.47 Å². The van der Waals surface area contributed by atoms with Crippen LogP contribution >= 0.6 is 15.9 Å². The Labute approximate surface area is 166 Å². The normalized spacial score (nSPS) is 11.9. The number of hydrogen-bond acceptors (Lipinski definition) is 0. The number of fused-ring (bicyclic) bond motifs is 4. The monoisotopic (exact) mass is 406 g/mol. The summed E-state index contributed by atoms with van der Waals surface area (Å²) in [5, 5.41) is 5.28. The predicted molar refractivity (Wildman–Crippen MR) is 119 cm³/mol. The van der Waals surface area contributed by atoms with Gasteiger partial charge in [0.1, 0.15) is 0 Å². The van der Waals surface area contributed by atoms with E-state index in [1.807, 2.05) is 0 Å². The molecule has 0 aromatic heterocycles. The average Bonchev–Trinajstić information content (AvgIpc) is 3.03. The number of hydrogen-bond donors (Lipinski definition) is 0. The van der Waals surface area contributed by atoms with Gasteiger partial charge in [-0.25, -0.2) is 0 Å². The Morgan fingerprint density at radius 2 is 1.19 bits per heavy atom. The molecule has 5 aromatic rings. The van der Waals surface area contributed by atoms with Crippen LogP contribution in [0.4, 0.5) is 0 Å². The number of rotatable bonds is 1. The molecule has 1 heteroatoms. The Morgan fingerprint density at radius 3 is 1.96 bits per heavy atom. The van der Waals surface area contributed by atoms with Crippen LogP contribution in [0.5, 0.6) is 0 Å². The van der Waals surface area contributed by atoms with Crippen molar-refractivity contribution in [3.8, 4) is 33.4 Å². The van der Waals surface area contributed by atoms with E-state index in [9.17, 15) is 0 Å². The van der Waals surface area contributed by atoms with Crippen molar-refractivity contribution in [1.82, 2.24) is 0 Å². The molecule has 1 aliphatic rings. The van der Waals surface area contributed by atoms with E-state index in [1.165, 1.54) is 54.9 Å². The van der Waals surface area contributed by atoms with E-state index in [1.54, 1.807) is 0 Å². The van der Waals surface area contributed by atoms with Crippen molar-refractivity contribution in [2.45, 2.75) is 0 Å². The van der Waals surface area contributed by atoms with E-state index >= 15 is 0 Å². The maximum Gasteiger partial charge on any atom is 0.0175 e. The van der Waals surface area contributed by atoms with Gasteiger partial charge in [0.05, 0.1) is 0 Å². The summed E-state index contributed by atoms with van der Waals surface area (Å²) in [5.41, 5.74) is 7.97. The maximum absolute atomic E-state index is 3.56. The van der Waals surface area contributed by atoms with Crippen LogP contribution in [0.2, 0.25) is 0 Å². The fourth-order valence-corrected chi connectivity index (χ4v) is 4.69. The van der Waals surface area contributed by atoms with Crippen molar-refractivity contribution >= 4 is 37.5 Å². The Bertz CT molecular complexity index is 1360. The molecule has 1 aliphatic carbocycles. The van der Waals surface area contributed by atoms with Crippen molar-refractivity contribution in [2.24, 2.45) is 0 Å². The van der Waals surface area contributed by atoms with Crippen LogP contribution in [-0.4, -0.2) is 0 Å². The second-order valence-corrected chi connectivity index (χ2v) is 8.06. The zero-order valence-electron chi connectivity index (χ0n) is 14.5. The molecule has 0 radical (unpaired) electrons. The van der Waals surface area contributed by atoms with Gasteiger partial charge in [-0.15, -0.1) is 0 Å². The van der Waals surface area contributed by atoms with Gasteiger partial charge in [0.25, 0.3) is 0 Å². The molecule has 0 atom stereocenters. The number of benzene rings is 5. The standard InChI is InChI=1S/C26H15Br/c27-20-11-8-16(9-12-20)21-13-10-17-6-3-7-22-23-14-18-4-1-2-5-19(18)15-24(23)26(21)25(17)22/h1-15H. The smallest absolute Gasteiger partial charge is 0.0175 e. The third kappa shape index (κ3) is 2.15. The first-order valence-corrected chi connectivity index (χ1v) is 9.94. The van der Waals surface area contributed by atoms with E-state index in [4.69, 9.17) is 0 Å². The largest absolute Gasteiger partial charge is 0.0616 e. The molecule has 126 valence electrons. The zero-order valence-corrected chi connectivity index (χ0v) is 16.1. The predicted octanol–water partition coefficient (Wildman–Crippen LogP) is 8.07. The van der Waals surface area contributed by atoms with E-state index in [-0.39, 0.29) is 0 Å². The summed E-state index contributed by atoms with van der Waals surface area (Å²) in [6, 6.07) is 33.2. The quantitative estimate of drug-likeness (QED) is 0.259. The summed E-state index contributed by atoms with van der Waals surface area (Å²) in [4.78, 5) is 0. The first-order chi connectivity index (χ1) is 13.3. The molecule has 0 nitrogen and oxygen atoms in total. The highest BCUT2D eigenvalue weighted by Crippen LogP contribution is 2.52. The molecular weight excluding hydrogens is 392 g/mol. The van der Waals surface area contributed by atoms with Crippen molar-refractivity contribution < 1.29 is 0 Å². The fraction of sp³-hybridized carbons (Fsp3) is 0. The van der Waals surface area contributed by atoms with E-state index in [2.05, 4.69) is 107 Å². The molecule has 0 heterocycles. The third-order valence-electron chi connectivity index (χ3n) is 5.65. The van der Waals surface area contributed by atoms with Crippen LogP contribution in [-0.2, 0) is 0 Å². The molecular formula is C26H15Br. The minimum absolute atomic E-state index is 1.11. The summed E-state index contributed by atoms with van der Waals surface area (Å²) in [6.45, 7) is 0. The van der Waals surface area contributed by atoms with Gasteiger partial charge in [-0.2, -0.15) is 0 Å². The van der Waals surface area contributed by atoms with Crippen LogP contribution in [0, 0.1) is 0 Å². The highest BCUT2D eigenvalue weighted by Gasteiger charge is 2.24.